The van der Waals surface area contributed by atoms with Crippen LogP contribution in [0.25, 0.3) is 0 Å². The van der Waals surface area contributed by atoms with Crippen LogP contribution in [0.2, 0.25) is 5.02 Å². The zero-order valence-corrected chi connectivity index (χ0v) is 11.8. The first-order valence-electron chi connectivity index (χ1n) is 5.87. The quantitative estimate of drug-likeness (QED) is 0.776. The molecule has 2 N–H and O–H groups in total. The summed E-state index contributed by atoms with van der Waals surface area (Å²) >= 11 is 6.34. The molecule has 0 amide bonds. The number of rotatable bonds is 7. The van der Waals surface area contributed by atoms with Gasteiger partial charge in [-0.3, -0.25) is 0 Å². The van der Waals surface area contributed by atoms with Crippen LogP contribution in [-0.4, -0.2) is 27.9 Å². The number of benzene rings is 1. The third-order valence-electron chi connectivity index (χ3n) is 2.77. The van der Waals surface area contributed by atoms with Crippen molar-refractivity contribution in [2.24, 2.45) is 5.73 Å². The number of methoxy groups -OCH3 is 3. The van der Waals surface area contributed by atoms with Crippen LogP contribution in [0.15, 0.2) is 6.07 Å². The Hall–Kier alpha value is -1.13. The molecular formula is C13H20ClNO3. The van der Waals surface area contributed by atoms with Gasteiger partial charge in [0.1, 0.15) is 5.75 Å². The number of nitrogens with two attached hydrogens (primary N) is 1. The lowest BCUT2D eigenvalue weighted by atomic mass is 10.1. The van der Waals surface area contributed by atoms with Gasteiger partial charge in [0.05, 0.1) is 26.4 Å². The largest absolute Gasteiger partial charge is 0.496 e. The van der Waals surface area contributed by atoms with Crippen LogP contribution in [0.4, 0.5) is 0 Å². The summed E-state index contributed by atoms with van der Waals surface area (Å²) in [5.74, 6) is 1.83. The standard InChI is InChI=1S/C13H20ClNO3/c1-16-10-8-11(17-2)13(18-3)12(14)9(10)6-4-5-7-15/h8H,4-7,15H2,1-3H3. The van der Waals surface area contributed by atoms with Crippen LogP contribution in [0.1, 0.15) is 18.4 Å². The van der Waals surface area contributed by atoms with E-state index in [1.807, 2.05) is 0 Å². The molecule has 1 aromatic carbocycles. The van der Waals surface area contributed by atoms with E-state index in [-0.39, 0.29) is 0 Å². The van der Waals surface area contributed by atoms with Crippen LogP contribution in [0.5, 0.6) is 17.2 Å². The predicted octanol–water partition coefficient (Wildman–Crippen LogP) is 2.65. The van der Waals surface area contributed by atoms with Gasteiger partial charge in [-0.25, -0.2) is 0 Å². The predicted molar refractivity (Wildman–Crippen MR) is 73.1 cm³/mol. The van der Waals surface area contributed by atoms with Crippen molar-refractivity contribution in [3.8, 4) is 17.2 Å². The molecule has 0 saturated carbocycles. The molecule has 0 aromatic heterocycles. The molecule has 0 aliphatic heterocycles. The van der Waals surface area contributed by atoms with E-state index < -0.39 is 0 Å². The maximum Gasteiger partial charge on any atom is 0.179 e. The van der Waals surface area contributed by atoms with Crippen LogP contribution in [0, 0.1) is 0 Å². The topological polar surface area (TPSA) is 53.7 Å². The molecule has 4 nitrogen and oxygen atoms in total. The summed E-state index contributed by atoms with van der Waals surface area (Å²) in [6.45, 7) is 0.674. The van der Waals surface area contributed by atoms with Gasteiger partial charge in [-0.2, -0.15) is 0 Å². The van der Waals surface area contributed by atoms with Gasteiger partial charge in [0, 0.05) is 11.6 Å². The molecule has 0 spiro atoms. The van der Waals surface area contributed by atoms with Crippen molar-refractivity contribution < 1.29 is 14.2 Å². The van der Waals surface area contributed by atoms with Gasteiger partial charge in [-0.1, -0.05) is 11.6 Å². The minimum absolute atomic E-state index is 0.544. The Labute approximate surface area is 113 Å². The fourth-order valence-corrected chi connectivity index (χ4v) is 2.19. The Bertz CT molecular complexity index is 396. The zero-order valence-electron chi connectivity index (χ0n) is 11.1. The summed E-state index contributed by atoms with van der Waals surface area (Å²) in [5, 5.41) is 0.547. The van der Waals surface area contributed by atoms with Crippen LogP contribution < -0.4 is 19.9 Å². The highest BCUT2D eigenvalue weighted by molar-refractivity contribution is 6.33. The second-order valence-corrected chi connectivity index (χ2v) is 4.23. The molecule has 0 heterocycles. The average Bonchev–Trinajstić information content (AvgIpc) is 2.39. The minimum atomic E-state index is 0.544. The molecule has 0 aliphatic carbocycles. The summed E-state index contributed by atoms with van der Waals surface area (Å²) in [7, 11) is 4.76. The fraction of sp³-hybridized carbons (Fsp3) is 0.538. The number of hydrogen-bond acceptors (Lipinski definition) is 4. The Balaban J connectivity index is 3.13. The molecule has 18 heavy (non-hydrogen) atoms. The Morgan fingerprint density at radius 2 is 1.72 bits per heavy atom. The molecule has 0 aliphatic rings. The van der Waals surface area contributed by atoms with Crippen molar-refractivity contribution in [2.75, 3.05) is 27.9 Å². The monoisotopic (exact) mass is 273 g/mol. The first-order chi connectivity index (χ1) is 8.69. The lowest BCUT2D eigenvalue weighted by molar-refractivity contribution is 0.347. The third-order valence-corrected chi connectivity index (χ3v) is 3.17. The highest BCUT2D eigenvalue weighted by Gasteiger charge is 2.18. The summed E-state index contributed by atoms with van der Waals surface area (Å²) in [4.78, 5) is 0. The maximum absolute atomic E-state index is 6.34. The molecule has 0 bridgehead atoms. The minimum Gasteiger partial charge on any atom is -0.496 e. The van der Waals surface area contributed by atoms with Crippen molar-refractivity contribution in [1.82, 2.24) is 0 Å². The van der Waals surface area contributed by atoms with E-state index in [2.05, 4.69) is 0 Å². The van der Waals surface area contributed by atoms with E-state index in [0.717, 1.165) is 30.6 Å². The van der Waals surface area contributed by atoms with E-state index in [1.165, 1.54) is 0 Å². The van der Waals surface area contributed by atoms with Gasteiger partial charge in [-0.05, 0) is 25.8 Å². The fourth-order valence-electron chi connectivity index (χ4n) is 1.83. The first kappa shape index (κ1) is 14.9. The molecule has 0 radical (unpaired) electrons. The summed E-state index contributed by atoms with van der Waals surface area (Å²) in [6.07, 6.45) is 2.72. The Kier molecular flexibility index (Phi) is 6.09. The molecule has 5 heteroatoms. The van der Waals surface area contributed by atoms with Crippen LogP contribution >= 0.6 is 11.6 Å². The third kappa shape index (κ3) is 3.21. The van der Waals surface area contributed by atoms with Gasteiger partial charge >= 0.3 is 0 Å². The van der Waals surface area contributed by atoms with Crippen molar-refractivity contribution in [3.05, 3.63) is 16.7 Å². The first-order valence-corrected chi connectivity index (χ1v) is 6.24. The smallest absolute Gasteiger partial charge is 0.179 e. The number of halogens is 1. The summed E-state index contributed by atoms with van der Waals surface area (Å²) in [5.41, 5.74) is 6.43. The maximum atomic E-state index is 6.34. The average molecular weight is 274 g/mol. The van der Waals surface area contributed by atoms with E-state index in [4.69, 9.17) is 31.5 Å². The lowest BCUT2D eigenvalue weighted by Crippen LogP contribution is -2.02. The molecule has 0 fully saturated rings. The number of ether oxygens (including phenoxy) is 3. The normalized spacial score (nSPS) is 10.3. The van der Waals surface area contributed by atoms with E-state index in [9.17, 15) is 0 Å². The van der Waals surface area contributed by atoms with Crippen molar-refractivity contribution in [2.45, 2.75) is 19.3 Å². The molecule has 1 aromatic rings. The lowest BCUT2D eigenvalue weighted by Gasteiger charge is -2.16. The Morgan fingerprint density at radius 3 is 2.22 bits per heavy atom. The van der Waals surface area contributed by atoms with E-state index >= 15 is 0 Å². The number of unbranched alkanes of at least 4 members (excludes halogenated alkanes) is 1. The van der Waals surface area contributed by atoms with Crippen LogP contribution in [0.3, 0.4) is 0 Å². The molecule has 102 valence electrons. The van der Waals surface area contributed by atoms with Gasteiger partial charge < -0.3 is 19.9 Å². The highest BCUT2D eigenvalue weighted by Crippen LogP contribution is 2.43. The van der Waals surface area contributed by atoms with Gasteiger partial charge in [0.15, 0.2) is 11.5 Å². The van der Waals surface area contributed by atoms with Crippen molar-refractivity contribution in [3.63, 3.8) is 0 Å². The van der Waals surface area contributed by atoms with Gasteiger partial charge in [0.25, 0.3) is 0 Å². The molecule has 1 rings (SSSR count). The molecular weight excluding hydrogens is 254 g/mol. The van der Waals surface area contributed by atoms with E-state index in [0.29, 0.717) is 23.1 Å². The second-order valence-electron chi connectivity index (χ2n) is 3.85. The van der Waals surface area contributed by atoms with E-state index in [1.54, 1.807) is 27.4 Å². The molecule has 0 unspecified atom stereocenters. The van der Waals surface area contributed by atoms with Gasteiger partial charge in [-0.15, -0.1) is 0 Å². The Morgan fingerprint density at radius 1 is 1.06 bits per heavy atom. The SMILES string of the molecule is COc1cc(OC)c(OC)c(Cl)c1CCCCN. The summed E-state index contributed by atoms with van der Waals surface area (Å²) in [6, 6.07) is 1.79. The number of hydrogen-bond donors (Lipinski definition) is 1. The van der Waals surface area contributed by atoms with Crippen LogP contribution in [-0.2, 0) is 6.42 Å². The van der Waals surface area contributed by atoms with Crippen molar-refractivity contribution >= 4 is 11.6 Å². The zero-order chi connectivity index (χ0) is 13.5. The summed E-state index contributed by atoms with van der Waals surface area (Å²) < 4.78 is 15.9. The molecule has 0 atom stereocenters. The second kappa shape index (κ2) is 7.34. The highest BCUT2D eigenvalue weighted by atomic mass is 35.5. The van der Waals surface area contributed by atoms with Gasteiger partial charge in [0.2, 0.25) is 0 Å². The van der Waals surface area contributed by atoms with Crippen molar-refractivity contribution in [1.29, 1.82) is 0 Å². The molecule has 0 saturated heterocycles.